The van der Waals surface area contributed by atoms with Crippen LogP contribution in [0.4, 0.5) is 11.4 Å². The quantitative estimate of drug-likeness (QED) is 0.849. The molecule has 2 rings (SSSR count). The summed E-state index contributed by atoms with van der Waals surface area (Å²) in [5.74, 6) is -0.805. The van der Waals surface area contributed by atoms with E-state index in [2.05, 4.69) is 25.2 Å². The normalized spacial score (nSPS) is 13.1. The number of amides is 1. The zero-order chi connectivity index (χ0) is 15.6. The second-order valence-corrected chi connectivity index (χ2v) is 5.79. The molecule has 1 aliphatic heterocycles. The van der Waals surface area contributed by atoms with Crippen molar-refractivity contribution >= 4 is 34.7 Å². The molecule has 1 N–H and O–H groups in total. The number of rotatable bonds is 5. The van der Waals surface area contributed by atoms with Crippen molar-refractivity contribution in [1.29, 1.82) is 5.26 Å². The maximum atomic E-state index is 11.7. The van der Waals surface area contributed by atoms with Gasteiger partial charge in [-0.15, -0.1) is 0 Å². The molecule has 0 fully saturated rings. The molecule has 0 unspecified atom stereocenters. The molecular formula is C15H16ClN3O2. The van der Waals surface area contributed by atoms with Gasteiger partial charge in [0.15, 0.2) is 0 Å². The fraction of sp³-hybridized carbons (Fsp3) is 0.400. The van der Waals surface area contributed by atoms with Crippen LogP contribution in [0.1, 0.15) is 30.6 Å². The lowest BCUT2D eigenvalue weighted by Crippen LogP contribution is -2.28. The average molecular weight is 306 g/mol. The van der Waals surface area contributed by atoms with E-state index in [0.29, 0.717) is 35.2 Å². The van der Waals surface area contributed by atoms with Crippen LogP contribution in [0.3, 0.4) is 0 Å². The summed E-state index contributed by atoms with van der Waals surface area (Å²) in [5.41, 5.74) is 1.52. The van der Waals surface area contributed by atoms with Gasteiger partial charge in [-0.1, -0.05) is 25.4 Å². The minimum absolute atomic E-state index is 0.304. The molecule has 1 heterocycles. The van der Waals surface area contributed by atoms with Crippen molar-refractivity contribution in [2.24, 2.45) is 5.92 Å². The van der Waals surface area contributed by atoms with Gasteiger partial charge in [0.05, 0.1) is 34.5 Å². The van der Waals surface area contributed by atoms with Crippen LogP contribution < -0.4 is 10.2 Å². The van der Waals surface area contributed by atoms with Gasteiger partial charge in [0.25, 0.3) is 11.7 Å². The number of halogens is 1. The molecule has 110 valence electrons. The summed E-state index contributed by atoms with van der Waals surface area (Å²) in [7, 11) is 0. The highest BCUT2D eigenvalue weighted by Crippen LogP contribution is 2.35. The highest BCUT2D eigenvalue weighted by molar-refractivity contribution is 6.52. The number of carbonyl (C=O) groups excluding carboxylic acids is 2. The first-order chi connectivity index (χ1) is 9.93. The Labute approximate surface area is 128 Å². The zero-order valence-corrected chi connectivity index (χ0v) is 12.7. The molecule has 0 saturated heterocycles. The predicted molar refractivity (Wildman–Crippen MR) is 81.7 cm³/mol. The lowest BCUT2D eigenvalue weighted by Gasteiger charge is -2.27. The minimum atomic E-state index is -0.634. The van der Waals surface area contributed by atoms with Crippen LogP contribution in [-0.4, -0.2) is 24.8 Å². The van der Waals surface area contributed by atoms with Gasteiger partial charge in [0.2, 0.25) is 0 Å². The van der Waals surface area contributed by atoms with Crippen molar-refractivity contribution in [3.8, 4) is 6.07 Å². The topological polar surface area (TPSA) is 73.2 Å². The van der Waals surface area contributed by atoms with Crippen molar-refractivity contribution in [2.75, 3.05) is 23.3 Å². The average Bonchev–Trinajstić information content (AvgIpc) is 2.69. The van der Waals surface area contributed by atoms with E-state index >= 15 is 0 Å². The van der Waals surface area contributed by atoms with Gasteiger partial charge in [0.1, 0.15) is 0 Å². The lowest BCUT2D eigenvalue weighted by molar-refractivity contribution is -0.112. The first-order valence-corrected chi connectivity index (χ1v) is 7.13. The van der Waals surface area contributed by atoms with E-state index in [1.165, 1.54) is 6.07 Å². The van der Waals surface area contributed by atoms with Crippen molar-refractivity contribution < 1.29 is 9.59 Å². The SMILES string of the molecule is CC(C)CN(CCC#N)c1cc2c(cc1Cl)C(=O)C(=O)N2. The van der Waals surface area contributed by atoms with Gasteiger partial charge in [-0.3, -0.25) is 9.59 Å². The van der Waals surface area contributed by atoms with E-state index in [1.54, 1.807) is 6.07 Å². The molecule has 1 aromatic carbocycles. The van der Waals surface area contributed by atoms with Gasteiger partial charge in [-0.2, -0.15) is 5.26 Å². The second kappa shape index (κ2) is 6.15. The summed E-state index contributed by atoms with van der Waals surface area (Å²) >= 11 is 6.26. The van der Waals surface area contributed by atoms with Crippen LogP contribution in [0, 0.1) is 17.2 Å². The van der Waals surface area contributed by atoms with Crippen molar-refractivity contribution in [3.63, 3.8) is 0 Å². The molecule has 5 nitrogen and oxygen atoms in total. The Kier molecular flexibility index (Phi) is 4.49. The fourth-order valence-electron chi connectivity index (χ4n) is 2.33. The van der Waals surface area contributed by atoms with Crippen LogP contribution in [0.2, 0.25) is 5.02 Å². The molecule has 0 atom stereocenters. The first kappa shape index (κ1) is 15.3. The van der Waals surface area contributed by atoms with E-state index in [4.69, 9.17) is 16.9 Å². The fourth-order valence-corrected chi connectivity index (χ4v) is 2.62. The number of nitriles is 1. The van der Waals surface area contributed by atoms with Crippen LogP contribution in [-0.2, 0) is 4.79 Å². The maximum Gasteiger partial charge on any atom is 0.296 e. The van der Waals surface area contributed by atoms with Crippen LogP contribution >= 0.6 is 11.6 Å². The summed E-state index contributed by atoms with van der Waals surface area (Å²) in [5, 5.41) is 11.7. The highest BCUT2D eigenvalue weighted by atomic mass is 35.5. The van der Waals surface area contributed by atoms with Gasteiger partial charge >= 0.3 is 0 Å². The largest absolute Gasteiger partial charge is 0.369 e. The van der Waals surface area contributed by atoms with Crippen molar-refractivity contribution in [2.45, 2.75) is 20.3 Å². The molecule has 0 spiro atoms. The van der Waals surface area contributed by atoms with Crippen LogP contribution in [0.25, 0.3) is 0 Å². The second-order valence-electron chi connectivity index (χ2n) is 5.38. The molecule has 0 aromatic heterocycles. The van der Waals surface area contributed by atoms with Gasteiger partial charge in [0, 0.05) is 13.1 Å². The number of fused-ring (bicyclic) bond motifs is 1. The number of hydrogen-bond donors (Lipinski definition) is 1. The van der Waals surface area contributed by atoms with Gasteiger partial charge in [-0.05, 0) is 18.1 Å². The number of ketones is 1. The summed E-state index contributed by atoms with van der Waals surface area (Å²) in [6.45, 7) is 5.44. The van der Waals surface area contributed by atoms with E-state index in [0.717, 1.165) is 12.2 Å². The lowest BCUT2D eigenvalue weighted by atomic mass is 10.1. The number of nitrogens with zero attached hydrogens (tertiary/aromatic N) is 2. The summed E-state index contributed by atoms with van der Waals surface area (Å²) in [6, 6.07) is 5.35. The molecule has 1 aliphatic rings. The third kappa shape index (κ3) is 3.17. The van der Waals surface area contributed by atoms with Crippen molar-refractivity contribution in [1.82, 2.24) is 0 Å². The number of benzene rings is 1. The summed E-state index contributed by atoms with van der Waals surface area (Å²) in [4.78, 5) is 25.1. The predicted octanol–water partition coefficient (Wildman–Crippen LogP) is 2.85. The molecule has 0 radical (unpaired) electrons. The molecule has 0 aliphatic carbocycles. The third-order valence-electron chi connectivity index (χ3n) is 3.21. The first-order valence-electron chi connectivity index (χ1n) is 6.75. The standard InChI is InChI=1S/C15H16ClN3O2/c1-9(2)8-19(5-3-4-17)13-7-12-10(6-11(13)16)14(20)15(21)18-12/h6-7,9H,3,5,8H2,1-2H3,(H,18,20,21). The number of carbonyl (C=O) groups is 2. The Morgan fingerprint density at radius 3 is 2.71 bits per heavy atom. The Balaban J connectivity index is 2.38. The van der Waals surface area contributed by atoms with Crippen molar-refractivity contribution in [3.05, 3.63) is 22.7 Å². The van der Waals surface area contributed by atoms with E-state index in [9.17, 15) is 9.59 Å². The van der Waals surface area contributed by atoms with E-state index < -0.39 is 11.7 Å². The molecule has 6 heteroatoms. The number of nitrogens with one attached hydrogen (secondary N) is 1. The minimum Gasteiger partial charge on any atom is -0.369 e. The number of hydrogen-bond acceptors (Lipinski definition) is 4. The Hall–Kier alpha value is -2.06. The van der Waals surface area contributed by atoms with Gasteiger partial charge < -0.3 is 10.2 Å². The molecule has 1 aromatic rings. The summed E-state index contributed by atoms with van der Waals surface area (Å²) in [6.07, 6.45) is 0.380. The Morgan fingerprint density at radius 2 is 2.10 bits per heavy atom. The van der Waals surface area contributed by atoms with Crippen LogP contribution in [0.5, 0.6) is 0 Å². The van der Waals surface area contributed by atoms with E-state index in [-0.39, 0.29) is 0 Å². The smallest absolute Gasteiger partial charge is 0.296 e. The zero-order valence-electron chi connectivity index (χ0n) is 11.9. The highest BCUT2D eigenvalue weighted by Gasteiger charge is 2.29. The molecular weight excluding hydrogens is 290 g/mol. The summed E-state index contributed by atoms with van der Waals surface area (Å²) < 4.78 is 0. The number of anilines is 2. The Bertz CT molecular complexity index is 635. The third-order valence-corrected chi connectivity index (χ3v) is 3.51. The van der Waals surface area contributed by atoms with Crippen LogP contribution in [0.15, 0.2) is 12.1 Å². The number of Topliss-reactive ketones (excluding diaryl/α,β-unsaturated/α-hetero) is 1. The molecule has 0 saturated carbocycles. The monoisotopic (exact) mass is 305 g/mol. The van der Waals surface area contributed by atoms with Gasteiger partial charge in [-0.25, -0.2) is 0 Å². The molecule has 1 amide bonds. The Morgan fingerprint density at radius 1 is 1.38 bits per heavy atom. The molecule has 21 heavy (non-hydrogen) atoms. The molecule has 0 bridgehead atoms. The van der Waals surface area contributed by atoms with E-state index in [1.807, 2.05) is 4.90 Å². The maximum absolute atomic E-state index is 11.7.